The Morgan fingerprint density at radius 3 is 3.00 bits per heavy atom. The number of carbonyl (C=O) groups excluding carboxylic acids is 1. The predicted molar refractivity (Wildman–Crippen MR) is 70.6 cm³/mol. The Morgan fingerprint density at radius 2 is 2.44 bits per heavy atom. The fraction of sp³-hybridized carbons (Fsp3) is 0.333. The third kappa shape index (κ3) is 2.89. The van der Waals surface area contributed by atoms with Gasteiger partial charge in [0, 0.05) is 12.5 Å². The molecular formula is C12H15N3O2S. The van der Waals surface area contributed by atoms with E-state index in [-0.39, 0.29) is 11.9 Å². The van der Waals surface area contributed by atoms with Gasteiger partial charge in [0.15, 0.2) is 5.13 Å². The van der Waals surface area contributed by atoms with Gasteiger partial charge < -0.3 is 15.5 Å². The number of nitrogens with one attached hydrogen (secondary N) is 1. The number of amides is 1. The summed E-state index contributed by atoms with van der Waals surface area (Å²) >= 11 is 1.20. The Kier molecular flexibility index (Phi) is 3.66. The fourth-order valence-electron chi connectivity index (χ4n) is 1.70. The minimum absolute atomic E-state index is 0.00799. The molecule has 5 nitrogen and oxygen atoms in total. The molecule has 0 bridgehead atoms. The van der Waals surface area contributed by atoms with E-state index in [1.165, 1.54) is 11.3 Å². The highest BCUT2D eigenvalue weighted by Crippen LogP contribution is 2.19. The van der Waals surface area contributed by atoms with Gasteiger partial charge in [-0.2, -0.15) is 0 Å². The first kappa shape index (κ1) is 12.6. The number of nitrogens with two attached hydrogens (primary N) is 1. The van der Waals surface area contributed by atoms with Gasteiger partial charge in [-0.05, 0) is 26.0 Å². The predicted octanol–water partition coefficient (Wildman–Crippen LogP) is 1.99. The molecule has 2 heterocycles. The number of aromatic nitrogens is 1. The van der Waals surface area contributed by atoms with Gasteiger partial charge in [-0.3, -0.25) is 4.79 Å². The van der Waals surface area contributed by atoms with E-state index in [1.807, 2.05) is 19.1 Å². The van der Waals surface area contributed by atoms with Crippen molar-refractivity contribution in [3.05, 3.63) is 34.7 Å². The molecule has 1 atom stereocenters. The van der Waals surface area contributed by atoms with Gasteiger partial charge in [0.05, 0.1) is 12.0 Å². The van der Waals surface area contributed by atoms with Crippen LogP contribution in [0, 0.1) is 6.92 Å². The standard InChI is InChI=1S/C12H15N3O2S/c1-7(6-9-4-3-5-17-9)14-11(16)10-8(2)15-12(13)18-10/h3-5,7H,6H2,1-2H3,(H2,13,15)(H,14,16). The van der Waals surface area contributed by atoms with Gasteiger partial charge in [0.1, 0.15) is 10.6 Å². The minimum atomic E-state index is -0.138. The summed E-state index contributed by atoms with van der Waals surface area (Å²) < 4.78 is 5.24. The first-order valence-corrected chi connectivity index (χ1v) is 6.44. The monoisotopic (exact) mass is 265 g/mol. The zero-order chi connectivity index (χ0) is 13.1. The summed E-state index contributed by atoms with van der Waals surface area (Å²) in [6.45, 7) is 3.71. The fourth-order valence-corrected chi connectivity index (χ4v) is 2.44. The van der Waals surface area contributed by atoms with Crippen LogP contribution >= 0.6 is 11.3 Å². The number of hydrogen-bond acceptors (Lipinski definition) is 5. The van der Waals surface area contributed by atoms with Gasteiger partial charge in [-0.1, -0.05) is 11.3 Å². The third-order valence-corrected chi connectivity index (χ3v) is 3.47. The molecule has 6 heteroatoms. The number of furan rings is 1. The second kappa shape index (κ2) is 5.22. The van der Waals surface area contributed by atoms with Crippen LogP contribution in [0.5, 0.6) is 0 Å². The maximum absolute atomic E-state index is 12.0. The average Bonchev–Trinajstić information content (AvgIpc) is 2.88. The summed E-state index contributed by atoms with van der Waals surface area (Å²) in [5.41, 5.74) is 6.24. The highest BCUT2D eigenvalue weighted by molar-refractivity contribution is 7.17. The molecule has 0 radical (unpaired) electrons. The molecular weight excluding hydrogens is 250 g/mol. The van der Waals surface area contributed by atoms with E-state index in [0.717, 1.165) is 5.76 Å². The van der Waals surface area contributed by atoms with Crippen LogP contribution in [0.15, 0.2) is 22.8 Å². The number of carbonyl (C=O) groups is 1. The Bertz CT molecular complexity index is 534. The molecule has 2 aromatic heterocycles. The first-order chi connectivity index (χ1) is 8.56. The zero-order valence-electron chi connectivity index (χ0n) is 10.3. The molecule has 2 rings (SSSR count). The molecule has 96 valence electrons. The highest BCUT2D eigenvalue weighted by atomic mass is 32.1. The SMILES string of the molecule is Cc1nc(N)sc1C(=O)NC(C)Cc1ccco1. The number of aryl methyl sites for hydroxylation is 1. The number of nitrogens with zero attached hydrogens (tertiary/aromatic N) is 1. The van der Waals surface area contributed by atoms with Crippen molar-refractivity contribution in [2.75, 3.05) is 5.73 Å². The lowest BCUT2D eigenvalue weighted by molar-refractivity contribution is 0.0942. The van der Waals surface area contributed by atoms with E-state index in [2.05, 4.69) is 10.3 Å². The van der Waals surface area contributed by atoms with Crippen molar-refractivity contribution in [1.82, 2.24) is 10.3 Å². The molecule has 0 aliphatic rings. The van der Waals surface area contributed by atoms with Crippen LogP contribution in [-0.2, 0) is 6.42 Å². The molecule has 0 spiro atoms. The number of thiazole rings is 1. The van der Waals surface area contributed by atoms with Crippen molar-refractivity contribution in [3.63, 3.8) is 0 Å². The van der Waals surface area contributed by atoms with Crippen LogP contribution < -0.4 is 11.1 Å². The number of nitrogen functional groups attached to an aromatic ring is 1. The second-order valence-electron chi connectivity index (χ2n) is 4.12. The van der Waals surface area contributed by atoms with Gasteiger partial charge in [-0.15, -0.1) is 0 Å². The van der Waals surface area contributed by atoms with Gasteiger partial charge in [-0.25, -0.2) is 4.98 Å². The molecule has 3 N–H and O–H groups in total. The zero-order valence-corrected chi connectivity index (χ0v) is 11.1. The summed E-state index contributed by atoms with van der Waals surface area (Å²) in [7, 11) is 0. The van der Waals surface area contributed by atoms with E-state index in [9.17, 15) is 4.79 Å². The Morgan fingerprint density at radius 1 is 1.67 bits per heavy atom. The van der Waals surface area contributed by atoms with Crippen molar-refractivity contribution >= 4 is 22.4 Å². The minimum Gasteiger partial charge on any atom is -0.469 e. The van der Waals surface area contributed by atoms with Gasteiger partial charge in [0.25, 0.3) is 5.91 Å². The molecule has 0 fully saturated rings. The molecule has 0 aliphatic heterocycles. The Hall–Kier alpha value is -1.82. The average molecular weight is 265 g/mol. The van der Waals surface area contributed by atoms with Crippen molar-refractivity contribution in [1.29, 1.82) is 0 Å². The van der Waals surface area contributed by atoms with Crippen molar-refractivity contribution in [2.45, 2.75) is 26.3 Å². The lowest BCUT2D eigenvalue weighted by Crippen LogP contribution is -2.33. The quantitative estimate of drug-likeness (QED) is 0.885. The van der Waals surface area contributed by atoms with E-state index >= 15 is 0 Å². The Balaban J connectivity index is 1.97. The lowest BCUT2D eigenvalue weighted by Gasteiger charge is -2.11. The van der Waals surface area contributed by atoms with Gasteiger partial charge in [0.2, 0.25) is 0 Å². The largest absolute Gasteiger partial charge is 0.469 e. The van der Waals surface area contributed by atoms with E-state index in [0.29, 0.717) is 22.1 Å². The van der Waals surface area contributed by atoms with Crippen molar-refractivity contribution in [2.24, 2.45) is 0 Å². The van der Waals surface area contributed by atoms with Crippen LogP contribution in [0.4, 0.5) is 5.13 Å². The van der Waals surface area contributed by atoms with E-state index in [1.54, 1.807) is 13.2 Å². The summed E-state index contributed by atoms with van der Waals surface area (Å²) in [6.07, 6.45) is 2.28. The third-order valence-electron chi connectivity index (χ3n) is 2.48. The van der Waals surface area contributed by atoms with Gasteiger partial charge >= 0.3 is 0 Å². The molecule has 1 unspecified atom stereocenters. The Labute approximate surface area is 109 Å². The molecule has 0 saturated carbocycles. The van der Waals surface area contributed by atoms with E-state index < -0.39 is 0 Å². The van der Waals surface area contributed by atoms with Crippen LogP contribution in [-0.4, -0.2) is 16.9 Å². The summed E-state index contributed by atoms with van der Waals surface area (Å²) in [4.78, 5) is 16.6. The van der Waals surface area contributed by atoms with Crippen molar-refractivity contribution < 1.29 is 9.21 Å². The first-order valence-electron chi connectivity index (χ1n) is 5.62. The van der Waals surface area contributed by atoms with Crippen LogP contribution in [0.25, 0.3) is 0 Å². The number of rotatable bonds is 4. The smallest absolute Gasteiger partial charge is 0.263 e. The molecule has 0 aromatic carbocycles. The maximum Gasteiger partial charge on any atom is 0.263 e. The molecule has 1 amide bonds. The highest BCUT2D eigenvalue weighted by Gasteiger charge is 2.16. The molecule has 2 aromatic rings. The van der Waals surface area contributed by atoms with Crippen molar-refractivity contribution in [3.8, 4) is 0 Å². The lowest BCUT2D eigenvalue weighted by atomic mass is 10.2. The molecule has 0 aliphatic carbocycles. The number of hydrogen-bond donors (Lipinski definition) is 2. The topological polar surface area (TPSA) is 81.1 Å². The number of anilines is 1. The molecule has 18 heavy (non-hydrogen) atoms. The second-order valence-corrected chi connectivity index (χ2v) is 5.16. The van der Waals surface area contributed by atoms with E-state index in [4.69, 9.17) is 10.2 Å². The maximum atomic E-state index is 12.0. The molecule has 0 saturated heterocycles. The van der Waals surface area contributed by atoms with Crippen LogP contribution in [0.2, 0.25) is 0 Å². The normalized spacial score (nSPS) is 12.3. The van der Waals surface area contributed by atoms with Crippen LogP contribution in [0.3, 0.4) is 0 Å². The van der Waals surface area contributed by atoms with Crippen LogP contribution in [0.1, 0.15) is 28.0 Å². The summed E-state index contributed by atoms with van der Waals surface area (Å²) in [6, 6.07) is 3.71. The summed E-state index contributed by atoms with van der Waals surface area (Å²) in [5, 5.41) is 3.32. The summed E-state index contributed by atoms with van der Waals surface area (Å²) in [5.74, 6) is 0.712.